The van der Waals surface area contributed by atoms with Crippen molar-refractivity contribution in [1.29, 1.82) is 0 Å². The highest BCUT2D eigenvalue weighted by atomic mass is 16.5. The van der Waals surface area contributed by atoms with Crippen LogP contribution in [0.25, 0.3) is 0 Å². The van der Waals surface area contributed by atoms with E-state index in [1.54, 1.807) is 6.08 Å². The van der Waals surface area contributed by atoms with E-state index in [2.05, 4.69) is 11.6 Å². The minimum atomic E-state index is 0.00686. The molecule has 2 nitrogen and oxygen atoms in total. The molecule has 1 rings (SSSR count). The highest BCUT2D eigenvalue weighted by Crippen LogP contribution is 2.12. The average molecular weight is 203 g/mol. The molecule has 0 N–H and O–H groups in total. The van der Waals surface area contributed by atoms with Gasteiger partial charge in [-0.1, -0.05) is 37.8 Å². The molecule has 1 atom stereocenters. The molecule has 0 saturated heterocycles. The summed E-state index contributed by atoms with van der Waals surface area (Å²) in [6.07, 6.45) is 2.55. The molecule has 80 valence electrons. The van der Waals surface area contributed by atoms with Crippen molar-refractivity contribution in [3.8, 4) is 0 Å². The second-order valence-electron chi connectivity index (χ2n) is 3.25. The fourth-order valence-electron chi connectivity index (χ4n) is 1.10. The normalized spacial score (nSPS) is 13.3. The zero-order valence-corrected chi connectivity index (χ0v) is 9.31. The quantitative estimate of drug-likeness (QED) is 0.415. The van der Waals surface area contributed by atoms with E-state index in [1.807, 2.05) is 44.2 Å². The number of nitrogens with zero attached hydrogens (tertiary/aromatic N) is 1. The molecular formula is C13H17NO. The van der Waals surface area contributed by atoms with E-state index in [-0.39, 0.29) is 6.10 Å². The number of hydrogen-bond donors (Lipinski definition) is 0. The van der Waals surface area contributed by atoms with Crippen LogP contribution < -0.4 is 0 Å². The third-order valence-corrected chi connectivity index (χ3v) is 1.97. The van der Waals surface area contributed by atoms with Gasteiger partial charge < -0.3 is 4.74 Å². The molecule has 15 heavy (non-hydrogen) atoms. The lowest BCUT2D eigenvalue weighted by Gasteiger charge is -2.11. The van der Waals surface area contributed by atoms with Crippen molar-refractivity contribution in [2.75, 3.05) is 0 Å². The first-order valence-electron chi connectivity index (χ1n) is 5.18. The SMILES string of the molecule is C=CC(C)OC(CC)=Nc1ccccc1. The Balaban J connectivity index is 2.74. The Morgan fingerprint density at radius 2 is 2.13 bits per heavy atom. The molecule has 0 saturated carbocycles. The zero-order valence-electron chi connectivity index (χ0n) is 9.31. The first-order valence-corrected chi connectivity index (χ1v) is 5.18. The monoisotopic (exact) mass is 203 g/mol. The minimum Gasteiger partial charge on any atom is -0.474 e. The molecule has 1 aromatic rings. The van der Waals surface area contributed by atoms with Crippen LogP contribution in [0.2, 0.25) is 0 Å². The number of benzene rings is 1. The van der Waals surface area contributed by atoms with Crippen molar-refractivity contribution < 1.29 is 4.74 Å². The Bertz CT molecular complexity index is 330. The summed E-state index contributed by atoms with van der Waals surface area (Å²) in [5.74, 6) is 0.744. The number of rotatable bonds is 4. The summed E-state index contributed by atoms with van der Waals surface area (Å²) in [7, 11) is 0. The summed E-state index contributed by atoms with van der Waals surface area (Å²) >= 11 is 0. The van der Waals surface area contributed by atoms with Gasteiger partial charge in [0.1, 0.15) is 6.10 Å². The third kappa shape index (κ3) is 3.98. The van der Waals surface area contributed by atoms with E-state index in [0.717, 1.165) is 18.0 Å². The Morgan fingerprint density at radius 1 is 1.47 bits per heavy atom. The summed E-state index contributed by atoms with van der Waals surface area (Å²) in [6.45, 7) is 7.65. The second-order valence-corrected chi connectivity index (χ2v) is 3.25. The van der Waals surface area contributed by atoms with Gasteiger partial charge in [0.05, 0.1) is 5.69 Å². The van der Waals surface area contributed by atoms with Crippen LogP contribution in [-0.2, 0) is 4.74 Å². The molecule has 0 aliphatic carbocycles. The van der Waals surface area contributed by atoms with Gasteiger partial charge in [0.2, 0.25) is 0 Å². The molecule has 0 aliphatic heterocycles. The molecule has 2 heteroatoms. The van der Waals surface area contributed by atoms with Gasteiger partial charge in [-0.2, -0.15) is 0 Å². The molecule has 0 bridgehead atoms. The molecule has 0 fully saturated rings. The largest absolute Gasteiger partial charge is 0.474 e. The lowest BCUT2D eigenvalue weighted by atomic mass is 10.3. The number of hydrogen-bond acceptors (Lipinski definition) is 2. The molecule has 1 aromatic carbocycles. The van der Waals surface area contributed by atoms with Gasteiger partial charge in [0, 0.05) is 6.42 Å². The average Bonchev–Trinajstić information content (AvgIpc) is 2.29. The van der Waals surface area contributed by atoms with Crippen molar-refractivity contribution >= 4 is 11.6 Å². The van der Waals surface area contributed by atoms with Crippen molar-refractivity contribution in [2.45, 2.75) is 26.4 Å². The smallest absolute Gasteiger partial charge is 0.188 e. The zero-order chi connectivity index (χ0) is 11.1. The minimum absolute atomic E-state index is 0.00686. The third-order valence-electron chi connectivity index (χ3n) is 1.97. The second kappa shape index (κ2) is 6.02. The fraction of sp³-hybridized carbons (Fsp3) is 0.308. The van der Waals surface area contributed by atoms with Crippen molar-refractivity contribution in [1.82, 2.24) is 0 Å². The predicted molar refractivity (Wildman–Crippen MR) is 64.6 cm³/mol. The Hall–Kier alpha value is -1.57. The highest BCUT2D eigenvalue weighted by Gasteiger charge is 2.01. The van der Waals surface area contributed by atoms with Crippen LogP contribution in [0.1, 0.15) is 20.3 Å². The first kappa shape index (κ1) is 11.5. The Morgan fingerprint density at radius 3 is 2.67 bits per heavy atom. The topological polar surface area (TPSA) is 21.6 Å². The van der Waals surface area contributed by atoms with E-state index in [1.165, 1.54) is 0 Å². The van der Waals surface area contributed by atoms with E-state index in [4.69, 9.17) is 4.74 Å². The summed E-state index contributed by atoms with van der Waals surface area (Å²) in [5.41, 5.74) is 0.922. The van der Waals surface area contributed by atoms with Crippen LogP contribution in [0.3, 0.4) is 0 Å². The van der Waals surface area contributed by atoms with Gasteiger partial charge in [-0.15, -0.1) is 0 Å². The Labute approximate surface area is 91.3 Å². The van der Waals surface area contributed by atoms with Gasteiger partial charge in [-0.25, -0.2) is 4.99 Å². The van der Waals surface area contributed by atoms with Crippen LogP contribution in [0.4, 0.5) is 5.69 Å². The van der Waals surface area contributed by atoms with Gasteiger partial charge in [0.15, 0.2) is 5.90 Å². The maximum Gasteiger partial charge on any atom is 0.188 e. The summed E-state index contributed by atoms with van der Waals surface area (Å²) in [5, 5.41) is 0. The molecular weight excluding hydrogens is 186 g/mol. The summed E-state index contributed by atoms with van der Waals surface area (Å²) < 4.78 is 5.58. The lowest BCUT2D eigenvalue weighted by molar-refractivity contribution is 0.250. The van der Waals surface area contributed by atoms with E-state index in [0.29, 0.717) is 0 Å². The maximum absolute atomic E-state index is 5.58. The van der Waals surface area contributed by atoms with E-state index >= 15 is 0 Å². The van der Waals surface area contributed by atoms with Crippen LogP contribution in [-0.4, -0.2) is 12.0 Å². The number of ether oxygens (including phenoxy) is 1. The molecule has 0 spiro atoms. The molecule has 0 amide bonds. The molecule has 0 radical (unpaired) electrons. The van der Waals surface area contributed by atoms with Gasteiger partial charge in [0.25, 0.3) is 0 Å². The standard InChI is InChI=1S/C13H17NO/c1-4-11(3)15-13(5-2)14-12-9-7-6-8-10-12/h4,6-11H,1,5H2,2-3H3. The van der Waals surface area contributed by atoms with Crippen LogP contribution in [0.5, 0.6) is 0 Å². The van der Waals surface area contributed by atoms with Crippen molar-refractivity contribution in [2.24, 2.45) is 4.99 Å². The maximum atomic E-state index is 5.58. The molecule has 0 aromatic heterocycles. The highest BCUT2D eigenvalue weighted by molar-refractivity contribution is 5.79. The van der Waals surface area contributed by atoms with E-state index < -0.39 is 0 Å². The molecule has 1 unspecified atom stereocenters. The van der Waals surface area contributed by atoms with Gasteiger partial charge >= 0.3 is 0 Å². The summed E-state index contributed by atoms with van der Waals surface area (Å²) in [4.78, 5) is 4.41. The van der Waals surface area contributed by atoms with Gasteiger partial charge in [-0.05, 0) is 19.1 Å². The number of aliphatic imine (C=N–C) groups is 1. The first-order chi connectivity index (χ1) is 7.26. The number of para-hydroxylation sites is 1. The van der Waals surface area contributed by atoms with Gasteiger partial charge in [-0.3, -0.25) is 0 Å². The predicted octanol–water partition coefficient (Wildman–Crippen LogP) is 3.72. The molecule has 0 heterocycles. The van der Waals surface area contributed by atoms with Crippen molar-refractivity contribution in [3.63, 3.8) is 0 Å². The van der Waals surface area contributed by atoms with Crippen LogP contribution in [0, 0.1) is 0 Å². The molecule has 0 aliphatic rings. The fourth-order valence-corrected chi connectivity index (χ4v) is 1.10. The van der Waals surface area contributed by atoms with E-state index in [9.17, 15) is 0 Å². The van der Waals surface area contributed by atoms with Crippen molar-refractivity contribution in [3.05, 3.63) is 43.0 Å². The van der Waals surface area contributed by atoms with Crippen LogP contribution >= 0.6 is 0 Å². The Kier molecular flexibility index (Phi) is 4.61. The van der Waals surface area contributed by atoms with Crippen LogP contribution in [0.15, 0.2) is 48.0 Å². The lowest BCUT2D eigenvalue weighted by Crippen LogP contribution is -2.11. The summed E-state index contributed by atoms with van der Waals surface area (Å²) in [6, 6.07) is 9.80.